The molecule has 1 heteroatoms. The van der Waals surface area contributed by atoms with Crippen molar-refractivity contribution >= 4 is 5.69 Å². The first kappa shape index (κ1) is 13.2. The highest BCUT2D eigenvalue weighted by atomic mass is 14.9. The highest BCUT2D eigenvalue weighted by Gasteiger charge is 2.09. The Morgan fingerprint density at radius 1 is 1.11 bits per heavy atom. The lowest BCUT2D eigenvalue weighted by Crippen LogP contribution is -2.10. The summed E-state index contributed by atoms with van der Waals surface area (Å²) in [6.45, 7) is 2.20. The molecule has 0 amide bonds. The predicted octanol–water partition coefficient (Wildman–Crippen LogP) is 4.62. The van der Waals surface area contributed by atoms with Gasteiger partial charge in [-0.1, -0.05) is 55.7 Å². The molecule has 2 rings (SSSR count). The number of benzene rings is 2. The van der Waals surface area contributed by atoms with Gasteiger partial charge < -0.3 is 5.32 Å². The molecule has 1 unspecified atom stereocenters. The summed E-state index contributed by atoms with van der Waals surface area (Å²) in [7, 11) is 0. The lowest BCUT2D eigenvalue weighted by atomic mass is 10.0. The largest absolute Gasteiger partial charge is 0.378 e. The van der Waals surface area contributed by atoms with Gasteiger partial charge in [-0.25, -0.2) is 0 Å². The van der Waals surface area contributed by atoms with Crippen molar-refractivity contribution in [1.82, 2.24) is 0 Å². The van der Waals surface area contributed by atoms with Gasteiger partial charge in [0, 0.05) is 11.3 Å². The van der Waals surface area contributed by atoms with Crippen LogP contribution in [0.15, 0.2) is 54.6 Å². The maximum absolute atomic E-state index is 5.44. The molecule has 0 saturated heterocycles. The summed E-state index contributed by atoms with van der Waals surface area (Å²) >= 11 is 0. The average molecular weight is 249 g/mol. The lowest BCUT2D eigenvalue weighted by molar-refractivity contribution is 0.677. The zero-order chi connectivity index (χ0) is 13.5. The molecule has 1 nitrogen and oxygen atoms in total. The fraction of sp³-hybridized carbons (Fsp3) is 0.222. The first-order chi connectivity index (χ1) is 9.33. The molecule has 0 fully saturated rings. The van der Waals surface area contributed by atoms with Crippen LogP contribution in [0.25, 0.3) is 0 Å². The number of hydrogen-bond donors (Lipinski definition) is 1. The van der Waals surface area contributed by atoms with Crippen molar-refractivity contribution in [3.05, 3.63) is 65.7 Å². The van der Waals surface area contributed by atoms with Crippen LogP contribution in [-0.2, 0) is 0 Å². The SMILES string of the molecule is C#Cc1cccc(NC(CCC)c2ccccc2)c1. The number of hydrogen-bond acceptors (Lipinski definition) is 1. The zero-order valence-corrected chi connectivity index (χ0v) is 11.3. The van der Waals surface area contributed by atoms with Gasteiger partial charge in [0.25, 0.3) is 0 Å². The molecule has 0 bridgehead atoms. The van der Waals surface area contributed by atoms with Gasteiger partial charge in [-0.05, 0) is 30.2 Å². The monoisotopic (exact) mass is 249 g/mol. The second kappa shape index (κ2) is 6.66. The Kier molecular flexibility index (Phi) is 4.64. The van der Waals surface area contributed by atoms with Crippen LogP contribution in [0.1, 0.15) is 36.9 Å². The second-order valence-corrected chi connectivity index (χ2v) is 4.62. The molecule has 1 N–H and O–H groups in total. The molecule has 0 spiro atoms. The number of terminal acetylenes is 1. The predicted molar refractivity (Wildman–Crippen MR) is 82.1 cm³/mol. The summed E-state index contributed by atoms with van der Waals surface area (Å²) in [5, 5.41) is 3.58. The van der Waals surface area contributed by atoms with Crippen LogP contribution in [0, 0.1) is 12.3 Å². The van der Waals surface area contributed by atoms with E-state index in [2.05, 4.69) is 48.5 Å². The molecule has 0 aliphatic rings. The van der Waals surface area contributed by atoms with E-state index in [1.807, 2.05) is 24.3 Å². The van der Waals surface area contributed by atoms with E-state index in [0.717, 1.165) is 24.1 Å². The van der Waals surface area contributed by atoms with E-state index in [1.54, 1.807) is 0 Å². The van der Waals surface area contributed by atoms with Crippen molar-refractivity contribution in [1.29, 1.82) is 0 Å². The molecule has 19 heavy (non-hydrogen) atoms. The van der Waals surface area contributed by atoms with Crippen molar-refractivity contribution in [2.75, 3.05) is 5.32 Å². The highest BCUT2D eigenvalue weighted by molar-refractivity contribution is 5.51. The first-order valence-corrected chi connectivity index (χ1v) is 6.71. The number of anilines is 1. The minimum absolute atomic E-state index is 0.333. The van der Waals surface area contributed by atoms with E-state index < -0.39 is 0 Å². The van der Waals surface area contributed by atoms with Gasteiger partial charge in [0.05, 0.1) is 6.04 Å². The maximum atomic E-state index is 5.44. The second-order valence-electron chi connectivity index (χ2n) is 4.62. The summed E-state index contributed by atoms with van der Waals surface area (Å²) in [4.78, 5) is 0. The van der Waals surface area contributed by atoms with Crippen molar-refractivity contribution in [2.45, 2.75) is 25.8 Å². The van der Waals surface area contributed by atoms with Gasteiger partial charge in [-0.3, -0.25) is 0 Å². The molecule has 1 atom stereocenters. The quantitative estimate of drug-likeness (QED) is 0.762. The standard InChI is InChI=1S/C18H19N/c1-3-9-18(16-11-6-5-7-12-16)19-17-13-8-10-15(4-2)14-17/h2,5-8,10-14,18-19H,3,9H2,1H3. The third kappa shape index (κ3) is 3.63. The topological polar surface area (TPSA) is 12.0 Å². The summed E-state index contributed by atoms with van der Waals surface area (Å²) < 4.78 is 0. The summed E-state index contributed by atoms with van der Waals surface area (Å²) in [5.41, 5.74) is 3.31. The van der Waals surface area contributed by atoms with E-state index in [-0.39, 0.29) is 0 Å². The summed E-state index contributed by atoms with van der Waals surface area (Å²) in [6, 6.07) is 18.9. The van der Waals surface area contributed by atoms with E-state index >= 15 is 0 Å². The maximum Gasteiger partial charge on any atom is 0.0513 e. The molecule has 0 aromatic heterocycles. The normalized spacial score (nSPS) is 11.6. The smallest absolute Gasteiger partial charge is 0.0513 e. The van der Waals surface area contributed by atoms with Crippen LogP contribution in [0.3, 0.4) is 0 Å². The third-order valence-corrected chi connectivity index (χ3v) is 3.15. The van der Waals surface area contributed by atoms with Crippen LogP contribution in [0.4, 0.5) is 5.69 Å². The zero-order valence-electron chi connectivity index (χ0n) is 11.3. The van der Waals surface area contributed by atoms with E-state index in [9.17, 15) is 0 Å². The van der Waals surface area contributed by atoms with E-state index in [0.29, 0.717) is 6.04 Å². The van der Waals surface area contributed by atoms with Crippen LogP contribution in [0.2, 0.25) is 0 Å². The van der Waals surface area contributed by atoms with Gasteiger partial charge in [0.1, 0.15) is 0 Å². The summed E-state index contributed by atoms with van der Waals surface area (Å²) in [6.07, 6.45) is 7.68. The van der Waals surface area contributed by atoms with Gasteiger partial charge in [0.15, 0.2) is 0 Å². The van der Waals surface area contributed by atoms with Crippen LogP contribution >= 0.6 is 0 Å². The Labute approximate surface area is 115 Å². The van der Waals surface area contributed by atoms with Crippen LogP contribution in [0.5, 0.6) is 0 Å². The molecule has 0 saturated carbocycles. The first-order valence-electron chi connectivity index (χ1n) is 6.71. The van der Waals surface area contributed by atoms with E-state index in [4.69, 9.17) is 6.42 Å². The Bertz CT molecular complexity index is 551. The van der Waals surface area contributed by atoms with Gasteiger partial charge in [0.2, 0.25) is 0 Å². The lowest BCUT2D eigenvalue weighted by Gasteiger charge is -2.20. The molecule has 0 aliphatic carbocycles. The molecule has 2 aromatic carbocycles. The van der Waals surface area contributed by atoms with Gasteiger partial charge in [-0.15, -0.1) is 6.42 Å². The average Bonchev–Trinajstić information content (AvgIpc) is 2.48. The number of rotatable bonds is 5. The molecular formula is C18H19N. The fourth-order valence-corrected chi connectivity index (χ4v) is 2.20. The fourth-order valence-electron chi connectivity index (χ4n) is 2.20. The van der Waals surface area contributed by atoms with Crippen molar-refractivity contribution in [3.8, 4) is 12.3 Å². The molecule has 0 aliphatic heterocycles. The van der Waals surface area contributed by atoms with E-state index in [1.165, 1.54) is 5.56 Å². The van der Waals surface area contributed by atoms with Gasteiger partial charge in [-0.2, -0.15) is 0 Å². The van der Waals surface area contributed by atoms with Crippen molar-refractivity contribution in [2.24, 2.45) is 0 Å². The highest BCUT2D eigenvalue weighted by Crippen LogP contribution is 2.24. The molecular weight excluding hydrogens is 230 g/mol. The Morgan fingerprint density at radius 2 is 1.89 bits per heavy atom. The van der Waals surface area contributed by atoms with Crippen LogP contribution in [-0.4, -0.2) is 0 Å². The molecule has 0 radical (unpaired) electrons. The van der Waals surface area contributed by atoms with Crippen LogP contribution < -0.4 is 5.32 Å². The Hall–Kier alpha value is -2.20. The summed E-state index contributed by atoms with van der Waals surface area (Å²) in [5.74, 6) is 2.67. The molecule has 96 valence electrons. The minimum atomic E-state index is 0.333. The van der Waals surface area contributed by atoms with Crippen molar-refractivity contribution < 1.29 is 0 Å². The van der Waals surface area contributed by atoms with Crippen molar-refractivity contribution in [3.63, 3.8) is 0 Å². The molecule has 2 aromatic rings. The van der Waals surface area contributed by atoms with Gasteiger partial charge >= 0.3 is 0 Å². The molecule has 0 heterocycles. The Balaban J connectivity index is 2.19. The minimum Gasteiger partial charge on any atom is -0.378 e. The Morgan fingerprint density at radius 3 is 2.58 bits per heavy atom. The third-order valence-electron chi connectivity index (χ3n) is 3.15. The number of nitrogens with one attached hydrogen (secondary N) is 1.